The molecule has 1 saturated heterocycles. The van der Waals surface area contributed by atoms with Crippen LogP contribution in [0.15, 0.2) is 47.4 Å². The zero-order chi connectivity index (χ0) is 19.4. The number of piperidine rings is 1. The SMILES string of the molecule is O=C(OCc1ccc(Cl)cc1)c1ccc(Cl)c(S(=O)(=O)N2CCCCC2)c1. The number of hydrogen-bond donors (Lipinski definition) is 0. The molecule has 0 atom stereocenters. The Bertz CT molecular complexity index is 923. The van der Waals surface area contributed by atoms with Crippen LogP contribution in [-0.4, -0.2) is 31.8 Å². The number of ether oxygens (including phenoxy) is 1. The van der Waals surface area contributed by atoms with Gasteiger partial charge in [0.2, 0.25) is 10.0 Å². The minimum Gasteiger partial charge on any atom is -0.457 e. The lowest BCUT2D eigenvalue weighted by Crippen LogP contribution is -2.35. The van der Waals surface area contributed by atoms with Crippen molar-refractivity contribution in [3.05, 3.63) is 63.6 Å². The van der Waals surface area contributed by atoms with E-state index in [0.29, 0.717) is 18.1 Å². The Labute approximate surface area is 168 Å². The van der Waals surface area contributed by atoms with Gasteiger partial charge in [0.25, 0.3) is 0 Å². The van der Waals surface area contributed by atoms with Crippen molar-refractivity contribution in [3.63, 3.8) is 0 Å². The highest BCUT2D eigenvalue weighted by molar-refractivity contribution is 7.89. The van der Waals surface area contributed by atoms with E-state index in [4.69, 9.17) is 27.9 Å². The van der Waals surface area contributed by atoms with E-state index >= 15 is 0 Å². The van der Waals surface area contributed by atoms with Crippen LogP contribution in [0.1, 0.15) is 35.2 Å². The van der Waals surface area contributed by atoms with E-state index in [-0.39, 0.29) is 22.1 Å². The van der Waals surface area contributed by atoms with Crippen LogP contribution < -0.4 is 0 Å². The Balaban J connectivity index is 1.77. The maximum absolute atomic E-state index is 12.9. The number of rotatable bonds is 5. The number of carbonyl (C=O) groups is 1. The van der Waals surface area contributed by atoms with E-state index in [1.807, 2.05) is 0 Å². The van der Waals surface area contributed by atoms with E-state index in [9.17, 15) is 13.2 Å². The molecule has 0 spiro atoms. The Hall–Kier alpha value is -1.60. The Morgan fingerprint density at radius 1 is 1.00 bits per heavy atom. The van der Waals surface area contributed by atoms with Crippen molar-refractivity contribution >= 4 is 39.2 Å². The van der Waals surface area contributed by atoms with Gasteiger partial charge in [0.05, 0.1) is 10.6 Å². The highest BCUT2D eigenvalue weighted by atomic mass is 35.5. The molecule has 2 aromatic rings. The van der Waals surface area contributed by atoms with Gasteiger partial charge in [0.15, 0.2) is 0 Å². The minimum absolute atomic E-state index is 0.0623. The standard InChI is InChI=1S/C19H19Cl2NO4S/c20-16-7-4-14(5-8-16)13-26-19(23)15-6-9-17(21)18(12-15)27(24,25)22-10-2-1-3-11-22/h4-9,12H,1-3,10-11,13H2. The van der Waals surface area contributed by atoms with Crippen LogP contribution in [0.25, 0.3) is 0 Å². The van der Waals surface area contributed by atoms with Crippen molar-refractivity contribution in [2.45, 2.75) is 30.8 Å². The molecule has 0 aliphatic carbocycles. The van der Waals surface area contributed by atoms with Crippen molar-refractivity contribution in [3.8, 4) is 0 Å². The zero-order valence-electron chi connectivity index (χ0n) is 14.5. The van der Waals surface area contributed by atoms with Crippen molar-refractivity contribution in [2.24, 2.45) is 0 Å². The molecule has 1 aliphatic rings. The van der Waals surface area contributed by atoms with Crippen LogP contribution in [-0.2, 0) is 21.4 Å². The predicted molar refractivity (Wildman–Crippen MR) is 105 cm³/mol. The van der Waals surface area contributed by atoms with Gasteiger partial charge in [-0.1, -0.05) is 41.8 Å². The number of carbonyl (C=O) groups excluding carboxylic acids is 1. The van der Waals surface area contributed by atoms with E-state index < -0.39 is 16.0 Å². The number of halogens is 2. The fourth-order valence-corrected chi connectivity index (χ4v) is 5.03. The molecule has 5 nitrogen and oxygen atoms in total. The van der Waals surface area contributed by atoms with E-state index in [1.165, 1.54) is 22.5 Å². The van der Waals surface area contributed by atoms with Gasteiger partial charge in [-0.05, 0) is 48.7 Å². The number of nitrogens with zero attached hydrogens (tertiary/aromatic N) is 1. The Kier molecular flexibility index (Phi) is 6.42. The molecular formula is C19H19Cl2NO4S. The van der Waals surface area contributed by atoms with Crippen molar-refractivity contribution in [2.75, 3.05) is 13.1 Å². The summed E-state index contributed by atoms with van der Waals surface area (Å²) < 4.78 is 32.4. The zero-order valence-corrected chi connectivity index (χ0v) is 16.9. The number of sulfonamides is 1. The third-order valence-corrected chi connectivity index (χ3v) is 7.02. The van der Waals surface area contributed by atoms with Crippen LogP contribution in [0.4, 0.5) is 0 Å². The number of hydrogen-bond acceptors (Lipinski definition) is 4. The second kappa shape index (κ2) is 8.61. The lowest BCUT2D eigenvalue weighted by Gasteiger charge is -2.26. The fourth-order valence-electron chi connectivity index (χ4n) is 2.89. The molecule has 0 saturated carbocycles. The quantitative estimate of drug-likeness (QED) is 0.657. The summed E-state index contributed by atoms with van der Waals surface area (Å²) in [6.07, 6.45) is 2.65. The van der Waals surface area contributed by atoms with Gasteiger partial charge in [-0.25, -0.2) is 13.2 Å². The molecule has 0 aromatic heterocycles. The molecule has 3 rings (SSSR count). The molecule has 1 aliphatic heterocycles. The topological polar surface area (TPSA) is 63.7 Å². The smallest absolute Gasteiger partial charge is 0.338 e. The number of esters is 1. The third-order valence-electron chi connectivity index (χ3n) is 4.38. The van der Waals surface area contributed by atoms with Crippen LogP contribution in [0.5, 0.6) is 0 Å². The summed E-state index contributed by atoms with van der Waals surface area (Å²) in [5, 5.41) is 0.685. The Morgan fingerprint density at radius 3 is 2.33 bits per heavy atom. The van der Waals surface area contributed by atoms with E-state index in [0.717, 1.165) is 24.8 Å². The molecule has 144 valence electrons. The largest absolute Gasteiger partial charge is 0.457 e. The Morgan fingerprint density at radius 2 is 1.67 bits per heavy atom. The monoisotopic (exact) mass is 427 g/mol. The van der Waals surface area contributed by atoms with Crippen LogP contribution in [0.3, 0.4) is 0 Å². The summed E-state index contributed by atoms with van der Waals surface area (Å²) in [5.41, 5.74) is 0.923. The molecule has 0 unspecified atom stereocenters. The summed E-state index contributed by atoms with van der Waals surface area (Å²) in [5.74, 6) is -0.614. The molecule has 1 fully saturated rings. The summed E-state index contributed by atoms with van der Waals surface area (Å²) in [4.78, 5) is 12.3. The minimum atomic E-state index is -3.74. The molecule has 27 heavy (non-hydrogen) atoms. The third kappa shape index (κ3) is 4.82. The molecule has 0 bridgehead atoms. The second-order valence-electron chi connectivity index (χ2n) is 6.31. The average molecular weight is 428 g/mol. The molecule has 0 radical (unpaired) electrons. The van der Waals surface area contributed by atoms with Crippen molar-refractivity contribution in [1.29, 1.82) is 0 Å². The summed E-state index contributed by atoms with van der Waals surface area (Å²) in [6, 6.07) is 11.1. The first-order valence-electron chi connectivity index (χ1n) is 8.59. The molecule has 0 N–H and O–H groups in total. The van der Waals surface area contributed by atoms with Crippen molar-refractivity contribution in [1.82, 2.24) is 4.31 Å². The first kappa shape index (κ1) is 20.1. The van der Waals surface area contributed by atoms with Gasteiger partial charge >= 0.3 is 5.97 Å². The van der Waals surface area contributed by atoms with Gasteiger partial charge in [-0.3, -0.25) is 0 Å². The lowest BCUT2D eigenvalue weighted by atomic mass is 10.2. The van der Waals surface area contributed by atoms with Gasteiger partial charge in [0, 0.05) is 18.1 Å². The highest BCUT2D eigenvalue weighted by Gasteiger charge is 2.29. The van der Waals surface area contributed by atoms with Gasteiger partial charge in [-0.2, -0.15) is 4.31 Å². The first-order valence-corrected chi connectivity index (χ1v) is 10.8. The molecule has 2 aromatic carbocycles. The molecule has 1 heterocycles. The van der Waals surface area contributed by atoms with Crippen LogP contribution in [0.2, 0.25) is 10.0 Å². The highest BCUT2D eigenvalue weighted by Crippen LogP contribution is 2.28. The van der Waals surface area contributed by atoms with Crippen molar-refractivity contribution < 1.29 is 17.9 Å². The maximum atomic E-state index is 12.9. The number of benzene rings is 2. The second-order valence-corrected chi connectivity index (χ2v) is 9.06. The first-order chi connectivity index (χ1) is 12.9. The van der Waals surface area contributed by atoms with Crippen LogP contribution in [0, 0.1) is 0 Å². The van der Waals surface area contributed by atoms with E-state index in [1.54, 1.807) is 24.3 Å². The summed E-state index contributed by atoms with van der Waals surface area (Å²) in [7, 11) is -3.74. The van der Waals surface area contributed by atoms with Gasteiger partial charge in [-0.15, -0.1) is 0 Å². The summed E-state index contributed by atoms with van der Waals surface area (Å²) >= 11 is 12.0. The van der Waals surface area contributed by atoms with Gasteiger partial charge in [0.1, 0.15) is 11.5 Å². The summed E-state index contributed by atoms with van der Waals surface area (Å²) in [6.45, 7) is 0.987. The molecule has 0 amide bonds. The van der Waals surface area contributed by atoms with Gasteiger partial charge < -0.3 is 4.74 Å². The molecule has 8 heteroatoms. The van der Waals surface area contributed by atoms with E-state index in [2.05, 4.69) is 0 Å². The maximum Gasteiger partial charge on any atom is 0.338 e. The predicted octanol–water partition coefficient (Wildman–Crippen LogP) is 4.53. The lowest BCUT2D eigenvalue weighted by molar-refractivity contribution is 0.0472. The molecular weight excluding hydrogens is 409 g/mol. The fraction of sp³-hybridized carbons (Fsp3) is 0.316. The average Bonchev–Trinajstić information content (AvgIpc) is 2.68. The normalized spacial score (nSPS) is 15.5. The van der Waals surface area contributed by atoms with Crippen LogP contribution >= 0.6 is 23.2 Å².